The normalized spacial score (nSPS) is 17.8. The van der Waals surface area contributed by atoms with Crippen LogP contribution in [0.15, 0.2) is 53.3 Å². The van der Waals surface area contributed by atoms with Gasteiger partial charge in [-0.25, -0.2) is 9.07 Å². The van der Waals surface area contributed by atoms with E-state index >= 15 is 0 Å². The molecule has 2 aromatic heterocycles. The topological polar surface area (TPSA) is 65.6 Å². The molecule has 0 saturated heterocycles. The maximum absolute atomic E-state index is 14.6. The molecule has 0 unspecified atom stereocenters. The minimum Gasteiger partial charge on any atom is -0.267 e. The average molecular weight is 576 g/mol. The predicted molar refractivity (Wildman–Crippen MR) is 139 cm³/mol. The summed E-state index contributed by atoms with van der Waals surface area (Å²) in [6.45, 7) is -0.269. The summed E-state index contributed by atoms with van der Waals surface area (Å²) < 4.78 is 84.6. The molecule has 1 fully saturated rings. The lowest BCUT2D eigenvalue weighted by atomic mass is 9.75. The highest BCUT2D eigenvalue weighted by molar-refractivity contribution is 5.57. The smallest absolute Gasteiger partial charge is 0.267 e. The molecule has 1 aliphatic rings. The predicted octanol–water partition coefficient (Wildman–Crippen LogP) is 7.16. The van der Waals surface area contributed by atoms with Crippen molar-refractivity contribution in [2.45, 2.75) is 70.6 Å². The van der Waals surface area contributed by atoms with Crippen LogP contribution < -0.4 is 5.56 Å². The molecule has 2 aromatic carbocycles. The Morgan fingerprint density at radius 2 is 1.66 bits per heavy atom. The first kappa shape index (κ1) is 28.6. The Bertz CT molecular complexity index is 1600. The van der Waals surface area contributed by atoms with E-state index in [1.54, 1.807) is 6.07 Å². The summed E-state index contributed by atoms with van der Waals surface area (Å²) in [5.41, 5.74) is -0.0177. The number of rotatable bonds is 6. The molecule has 4 aromatic rings. The summed E-state index contributed by atoms with van der Waals surface area (Å²) in [7, 11) is 0. The van der Waals surface area contributed by atoms with Crippen LogP contribution in [0, 0.1) is 19.7 Å². The van der Waals surface area contributed by atoms with Gasteiger partial charge in [-0.2, -0.15) is 31.7 Å². The zero-order chi connectivity index (χ0) is 29.5. The maximum atomic E-state index is 14.6. The molecule has 2 heterocycles. The first-order valence-corrected chi connectivity index (χ1v) is 13.2. The van der Waals surface area contributed by atoms with Gasteiger partial charge in [0.2, 0.25) is 0 Å². The van der Waals surface area contributed by atoms with Gasteiger partial charge in [0.15, 0.2) is 0 Å². The van der Waals surface area contributed by atoms with E-state index in [-0.39, 0.29) is 45.9 Å². The van der Waals surface area contributed by atoms with Crippen molar-refractivity contribution in [2.75, 3.05) is 0 Å². The SMILES string of the molecule is Cc1cccc(F)c1C1CCC(c2cc(-c3c(C)nnn3C(F)F)nn(Cc3ccccc3C(F)(F)F)c2=O)CC1. The van der Waals surface area contributed by atoms with Gasteiger partial charge in [-0.15, -0.1) is 5.10 Å². The lowest BCUT2D eigenvalue weighted by Crippen LogP contribution is -2.31. The average Bonchev–Trinajstić information content (AvgIpc) is 3.31. The van der Waals surface area contributed by atoms with Gasteiger partial charge in [0.1, 0.15) is 17.2 Å². The van der Waals surface area contributed by atoms with Crippen LogP contribution in [0.25, 0.3) is 11.4 Å². The molecule has 0 bridgehead atoms. The van der Waals surface area contributed by atoms with Gasteiger partial charge >= 0.3 is 12.7 Å². The van der Waals surface area contributed by atoms with Crippen molar-refractivity contribution in [3.05, 3.63) is 98.2 Å². The molecule has 0 aliphatic heterocycles. The molecule has 1 aliphatic carbocycles. The maximum Gasteiger partial charge on any atom is 0.416 e. The van der Waals surface area contributed by atoms with Crippen LogP contribution in [-0.4, -0.2) is 24.8 Å². The van der Waals surface area contributed by atoms with E-state index < -0.39 is 30.4 Å². The number of halogens is 6. The Balaban J connectivity index is 1.57. The van der Waals surface area contributed by atoms with E-state index in [1.165, 1.54) is 37.3 Å². The second-order valence-electron chi connectivity index (χ2n) is 10.4. The van der Waals surface area contributed by atoms with Crippen LogP contribution in [0.5, 0.6) is 0 Å². The molecule has 216 valence electrons. The molecule has 0 N–H and O–H groups in total. The Morgan fingerprint density at radius 3 is 2.32 bits per heavy atom. The molecule has 5 rings (SSSR count). The van der Waals surface area contributed by atoms with Crippen molar-refractivity contribution in [3.8, 4) is 11.4 Å². The Morgan fingerprint density at radius 1 is 0.976 bits per heavy atom. The molecular weight excluding hydrogens is 548 g/mol. The van der Waals surface area contributed by atoms with Crippen molar-refractivity contribution < 1.29 is 26.3 Å². The van der Waals surface area contributed by atoms with Crippen LogP contribution in [0.1, 0.15) is 77.6 Å². The minimum absolute atomic E-state index is 0.0426. The third-order valence-electron chi connectivity index (χ3n) is 7.78. The van der Waals surface area contributed by atoms with Crippen LogP contribution in [0.2, 0.25) is 0 Å². The number of aryl methyl sites for hydroxylation is 2. The van der Waals surface area contributed by atoms with Crippen molar-refractivity contribution in [1.29, 1.82) is 0 Å². The standard InChI is InChI=1S/C29H27F6N5O/c1-16-6-5-9-23(30)25(16)19-12-10-18(11-13-19)21-14-24(26-17(2)36-38-40(26)28(31)32)37-39(27(21)41)15-20-7-3-4-8-22(20)29(33,34)35/h3-9,14,18-19,28H,10-13,15H2,1-2H3. The monoisotopic (exact) mass is 575 g/mol. The molecule has 0 spiro atoms. The van der Waals surface area contributed by atoms with Gasteiger partial charge in [-0.1, -0.05) is 35.5 Å². The van der Waals surface area contributed by atoms with Crippen LogP contribution in [0.4, 0.5) is 26.3 Å². The molecular formula is C29H27F6N5O. The highest BCUT2D eigenvalue weighted by atomic mass is 19.4. The van der Waals surface area contributed by atoms with Crippen LogP contribution in [-0.2, 0) is 12.7 Å². The highest BCUT2D eigenvalue weighted by Crippen LogP contribution is 2.42. The first-order chi connectivity index (χ1) is 19.5. The Hall–Kier alpha value is -3.96. The number of benzene rings is 2. The third kappa shape index (κ3) is 5.64. The van der Waals surface area contributed by atoms with E-state index in [2.05, 4.69) is 15.4 Å². The van der Waals surface area contributed by atoms with Crippen molar-refractivity contribution in [3.63, 3.8) is 0 Å². The molecule has 0 radical (unpaired) electrons. The van der Waals surface area contributed by atoms with E-state index in [1.807, 2.05) is 13.0 Å². The lowest BCUT2D eigenvalue weighted by molar-refractivity contribution is -0.138. The van der Waals surface area contributed by atoms with Crippen molar-refractivity contribution in [1.82, 2.24) is 24.8 Å². The summed E-state index contributed by atoms with van der Waals surface area (Å²) in [5, 5.41) is 11.4. The molecule has 41 heavy (non-hydrogen) atoms. The fourth-order valence-electron chi connectivity index (χ4n) is 5.84. The summed E-state index contributed by atoms with van der Waals surface area (Å²) in [6.07, 6.45) is -2.51. The van der Waals surface area contributed by atoms with E-state index in [4.69, 9.17) is 0 Å². The number of alkyl halides is 5. The summed E-state index contributed by atoms with van der Waals surface area (Å²) in [4.78, 5) is 13.7. The number of hydrogen-bond donors (Lipinski definition) is 0. The molecule has 0 atom stereocenters. The largest absolute Gasteiger partial charge is 0.416 e. The summed E-state index contributed by atoms with van der Waals surface area (Å²) >= 11 is 0. The summed E-state index contributed by atoms with van der Waals surface area (Å²) in [6, 6.07) is 11.2. The Labute approximate surface area is 231 Å². The van der Waals surface area contributed by atoms with Gasteiger partial charge < -0.3 is 0 Å². The van der Waals surface area contributed by atoms with Crippen molar-refractivity contribution in [2.24, 2.45) is 0 Å². The van der Waals surface area contributed by atoms with Gasteiger partial charge in [0.25, 0.3) is 5.56 Å². The highest BCUT2D eigenvalue weighted by Gasteiger charge is 2.34. The van der Waals surface area contributed by atoms with E-state index in [0.717, 1.165) is 16.3 Å². The third-order valence-corrected chi connectivity index (χ3v) is 7.78. The summed E-state index contributed by atoms with van der Waals surface area (Å²) in [5.74, 6) is -0.664. The zero-order valence-electron chi connectivity index (χ0n) is 22.3. The number of nitrogens with zero attached hydrogens (tertiary/aromatic N) is 5. The quantitative estimate of drug-likeness (QED) is 0.229. The Kier molecular flexibility index (Phi) is 7.76. The first-order valence-electron chi connectivity index (χ1n) is 13.2. The molecule has 6 nitrogen and oxygen atoms in total. The second-order valence-corrected chi connectivity index (χ2v) is 10.4. The van der Waals surface area contributed by atoms with Crippen molar-refractivity contribution >= 4 is 0 Å². The van der Waals surface area contributed by atoms with Crippen LogP contribution >= 0.6 is 0 Å². The second kappa shape index (κ2) is 11.1. The van der Waals surface area contributed by atoms with E-state index in [9.17, 15) is 31.1 Å². The zero-order valence-corrected chi connectivity index (χ0v) is 22.3. The molecule has 12 heteroatoms. The number of aromatic nitrogens is 5. The minimum atomic E-state index is -4.67. The molecule has 0 amide bonds. The molecule has 1 saturated carbocycles. The van der Waals surface area contributed by atoms with Gasteiger partial charge in [0, 0.05) is 5.56 Å². The van der Waals surface area contributed by atoms with Gasteiger partial charge in [-0.3, -0.25) is 4.79 Å². The fourth-order valence-corrected chi connectivity index (χ4v) is 5.84. The lowest BCUT2D eigenvalue weighted by Gasteiger charge is -2.30. The van der Waals surface area contributed by atoms with Crippen LogP contribution in [0.3, 0.4) is 0 Å². The number of hydrogen-bond acceptors (Lipinski definition) is 4. The van der Waals surface area contributed by atoms with Gasteiger partial charge in [-0.05, 0) is 86.3 Å². The fraction of sp³-hybridized carbons (Fsp3) is 0.379. The van der Waals surface area contributed by atoms with E-state index in [0.29, 0.717) is 35.9 Å². The van der Waals surface area contributed by atoms with Gasteiger partial charge in [0.05, 0.1) is 17.8 Å².